The second-order valence-electron chi connectivity index (χ2n) is 5.82. The summed E-state index contributed by atoms with van der Waals surface area (Å²) in [6, 6.07) is 5.80. The van der Waals surface area contributed by atoms with Crippen LogP contribution in [0, 0.1) is 0 Å². The molecule has 2 N–H and O–H groups in total. The smallest absolute Gasteiger partial charge is 0.191 e. The van der Waals surface area contributed by atoms with Gasteiger partial charge in [0.05, 0.1) is 12.2 Å². The molecular formula is C18H26ClN5O. The molecule has 0 amide bonds. The highest BCUT2D eigenvalue weighted by molar-refractivity contribution is 6.29. The number of rotatable bonds is 8. The van der Waals surface area contributed by atoms with Crippen molar-refractivity contribution in [2.24, 2.45) is 4.99 Å². The summed E-state index contributed by atoms with van der Waals surface area (Å²) in [7, 11) is 1.75. The fraction of sp³-hybridized carbons (Fsp3) is 0.500. The Balaban J connectivity index is 1.77. The summed E-state index contributed by atoms with van der Waals surface area (Å²) in [4.78, 5) is 8.29. The molecule has 6 nitrogen and oxygen atoms in total. The maximum absolute atomic E-state index is 5.79. The summed E-state index contributed by atoms with van der Waals surface area (Å²) in [5.41, 5.74) is 2.15. The Labute approximate surface area is 154 Å². The molecule has 0 aliphatic carbocycles. The van der Waals surface area contributed by atoms with Gasteiger partial charge in [0.2, 0.25) is 0 Å². The molecule has 2 aromatic heterocycles. The molecular weight excluding hydrogens is 338 g/mol. The van der Waals surface area contributed by atoms with Crippen LogP contribution in [0.1, 0.15) is 49.6 Å². The van der Waals surface area contributed by atoms with Gasteiger partial charge in [-0.2, -0.15) is 0 Å². The molecule has 136 valence electrons. The van der Waals surface area contributed by atoms with E-state index in [0.717, 1.165) is 48.8 Å². The lowest BCUT2D eigenvalue weighted by Crippen LogP contribution is -2.37. The highest BCUT2D eigenvalue weighted by atomic mass is 35.5. The fourth-order valence-corrected chi connectivity index (χ4v) is 2.69. The van der Waals surface area contributed by atoms with Crippen LogP contribution >= 0.6 is 11.6 Å². The van der Waals surface area contributed by atoms with Gasteiger partial charge in [-0.1, -0.05) is 36.7 Å². The Morgan fingerprint density at radius 3 is 2.72 bits per heavy atom. The van der Waals surface area contributed by atoms with Crippen molar-refractivity contribution in [3.8, 4) is 0 Å². The number of pyridine rings is 1. The van der Waals surface area contributed by atoms with E-state index in [-0.39, 0.29) is 0 Å². The molecule has 2 rings (SSSR count). The fourth-order valence-electron chi connectivity index (χ4n) is 2.58. The number of nitrogens with one attached hydrogen (secondary N) is 2. The first-order valence-corrected chi connectivity index (χ1v) is 9.04. The maximum atomic E-state index is 5.79. The van der Waals surface area contributed by atoms with Crippen LogP contribution in [0.5, 0.6) is 0 Å². The lowest BCUT2D eigenvalue weighted by Gasteiger charge is -2.10. The lowest BCUT2D eigenvalue weighted by atomic mass is 9.99. The molecule has 2 aromatic rings. The molecule has 0 radical (unpaired) electrons. The van der Waals surface area contributed by atoms with Crippen LogP contribution in [0.4, 0.5) is 0 Å². The van der Waals surface area contributed by atoms with E-state index in [1.165, 1.54) is 0 Å². The molecule has 0 atom stereocenters. The molecule has 0 saturated heterocycles. The molecule has 0 saturated carbocycles. The topological polar surface area (TPSA) is 75.3 Å². The highest BCUT2D eigenvalue weighted by Gasteiger charge is 2.13. The number of nitrogens with zero attached hydrogens (tertiary/aromatic N) is 3. The average Bonchev–Trinajstić information content (AvgIpc) is 3.09. The number of hydrogen-bond donors (Lipinski definition) is 2. The van der Waals surface area contributed by atoms with Crippen molar-refractivity contribution in [3.05, 3.63) is 46.6 Å². The molecule has 0 spiro atoms. The molecule has 0 aromatic carbocycles. The Hall–Kier alpha value is -2.08. The predicted molar refractivity (Wildman–Crippen MR) is 101 cm³/mol. The van der Waals surface area contributed by atoms with E-state index < -0.39 is 0 Å². The number of guanidine groups is 1. The maximum Gasteiger partial charge on any atom is 0.191 e. The second kappa shape index (κ2) is 10.0. The molecule has 0 bridgehead atoms. The van der Waals surface area contributed by atoms with Crippen molar-refractivity contribution >= 4 is 17.6 Å². The lowest BCUT2D eigenvalue weighted by molar-refractivity contribution is 0.368. The summed E-state index contributed by atoms with van der Waals surface area (Å²) in [6.07, 6.45) is 4.76. The first-order chi connectivity index (χ1) is 12.2. The number of halogens is 1. The number of aromatic nitrogens is 2. The third-order valence-corrected chi connectivity index (χ3v) is 4.35. The van der Waals surface area contributed by atoms with E-state index in [0.29, 0.717) is 17.6 Å². The first-order valence-electron chi connectivity index (χ1n) is 8.66. The first kappa shape index (κ1) is 19.2. The minimum Gasteiger partial charge on any atom is -0.359 e. The van der Waals surface area contributed by atoms with Crippen molar-refractivity contribution in [2.45, 2.75) is 45.6 Å². The van der Waals surface area contributed by atoms with Gasteiger partial charge in [0, 0.05) is 31.8 Å². The third kappa shape index (κ3) is 6.05. The van der Waals surface area contributed by atoms with Crippen LogP contribution in [0.15, 0.2) is 33.9 Å². The van der Waals surface area contributed by atoms with Gasteiger partial charge in [-0.25, -0.2) is 4.98 Å². The summed E-state index contributed by atoms with van der Waals surface area (Å²) in [5, 5.41) is 11.2. The number of aliphatic imine (C=N–C) groups is 1. The minimum absolute atomic E-state index is 0.461. The van der Waals surface area contributed by atoms with E-state index >= 15 is 0 Å². The molecule has 25 heavy (non-hydrogen) atoms. The molecule has 7 heteroatoms. The van der Waals surface area contributed by atoms with Crippen LogP contribution in [0.2, 0.25) is 5.15 Å². The number of hydrogen-bond acceptors (Lipinski definition) is 4. The van der Waals surface area contributed by atoms with Crippen molar-refractivity contribution in [1.82, 2.24) is 20.8 Å². The van der Waals surface area contributed by atoms with Crippen LogP contribution < -0.4 is 10.6 Å². The van der Waals surface area contributed by atoms with Crippen LogP contribution in [0.3, 0.4) is 0 Å². The largest absolute Gasteiger partial charge is 0.359 e. The zero-order valence-corrected chi connectivity index (χ0v) is 15.8. The third-order valence-electron chi connectivity index (χ3n) is 4.13. The summed E-state index contributed by atoms with van der Waals surface area (Å²) >= 11 is 5.79. The normalized spacial score (nSPS) is 11.8. The highest BCUT2D eigenvalue weighted by Crippen LogP contribution is 2.22. The van der Waals surface area contributed by atoms with Gasteiger partial charge in [0.1, 0.15) is 5.15 Å². The quantitative estimate of drug-likeness (QED) is 0.426. The van der Waals surface area contributed by atoms with Crippen molar-refractivity contribution < 1.29 is 4.52 Å². The summed E-state index contributed by atoms with van der Waals surface area (Å²) in [6.45, 7) is 5.64. The van der Waals surface area contributed by atoms with E-state index in [9.17, 15) is 0 Å². The minimum atomic E-state index is 0.461. The Kier molecular flexibility index (Phi) is 7.73. The zero-order chi connectivity index (χ0) is 18.1. The second-order valence-corrected chi connectivity index (χ2v) is 6.21. The standard InChI is InChI=1S/C18H26ClN5O/c1-4-14(5-2)16-10-15(25-24-16)12-23-18(20-3)21-9-8-13-6-7-17(19)22-11-13/h6-7,10-11,14H,4-5,8-9,12H2,1-3H3,(H2,20,21,23). The van der Waals surface area contributed by atoms with E-state index in [1.807, 2.05) is 12.1 Å². The van der Waals surface area contributed by atoms with Gasteiger partial charge in [-0.05, 0) is 30.9 Å². The van der Waals surface area contributed by atoms with Crippen molar-refractivity contribution in [1.29, 1.82) is 0 Å². The SMILES string of the molecule is CCC(CC)c1cc(CNC(=NC)NCCc2ccc(Cl)nc2)on1. The van der Waals surface area contributed by atoms with E-state index in [4.69, 9.17) is 16.1 Å². The Bertz CT molecular complexity index is 664. The Morgan fingerprint density at radius 2 is 2.08 bits per heavy atom. The van der Waals surface area contributed by atoms with Gasteiger partial charge in [-0.15, -0.1) is 0 Å². The monoisotopic (exact) mass is 363 g/mol. The molecule has 0 aliphatic rings. The molecule has 2 heterocycles. The van der Waals surface area contributed by atoms with Crippen molar-refractivity contribution in [3.63, 3.8) is 0 Å². The van der Waals surface area contributed by atoms with Gasteiger partial charge >= 0.3 is 0 Å². The summed E-state index contributed by atoms with van der Waals surface area (Å²) in [5.74, 6) is 2.00. The predicted octanol–water partition coefficient (Wildman–Crippen LogP) is 3.53. The van der Waals surface area contributed by atoms with Crippen LogP contribution in [-0.4, -0.2) is 29.7 Å². The zero-order valence-electron chi connectivity index (χ0n) is 15.1. The molecule has 0 aliphatic heterocycles. The van der Waals surface area contributed by atoms with E-state index in [1.54, 1.807) is 19.3 Å². The van der Waals surface area contributed by atoms with Gasteiger partial charge in [0.15, 0.2) is 11.7 Å². The Morgan fingerprint density at radius 1 is 1.28 bits per heavy atom. The van der Waals surface area contributed by atoms with Crippen molar-refractivity contribution in [2.75, 3.05) is 13.6 Å². The summed E-state index contributed by atoms with van der Waals surface area (Å²) < 4.78 is 5.41. The molecule has 0 fully saturated rings. The van der Waals surface area contributed by atoms with Gasteiger partial charge in [0.25, 0.3) is 0 Å². The van der Waals surface area contributed by atoms with Crippen LogP contribution in [0.25, 0.3) is 0 Å². The molecule has 0 unspecified atom stereocenters. The average molecular weight is 364 g/mol. The van der Waals surface area contributed by atoms with Crippen LogP contribution in [-0.2, 0) is 13.0 Å². The van der Waals surface area contributed by atoms with E-state index in [2.05, 4.69) is 39.6 Å². The van der Waals surface area contributed by atoms with Gasteiger partial charge < -0.3 is 15.2 Å². The van der Waals surface area contributed by atoms with Gasteiger partial charge in [-0.3, -0.25) is 4.99 Å².